The summed E-state index contributed by atoms with van der Waals surface area (Å²) >= 11 is 0. The molecule has 1 N–H and O–H groups in total. The van der Waals surface area contributed by atoms with E-state index in [0.29, 0.717) is 0 Å². The molecule has 0 unspecified atom stereocenters. The van der Waals surface area contributed by atoms with Crippen LogP contribution in [0.4, 0.5) is 5.69 Å². The number of hydrogen-bond donors (Lipinski definition) is 1. The van der Waals surface area contributed by atoms with E-state index in [1.54, 1.807) is 0 Å². The van der Waals surface area contributed by atoms with Crippen molar-refractivity contribution in [2.24, 2.45) is 5.92 Å². The summed E-state index contributed by atoms with van der Waals surface area (Å²) in [5.74, 6) is 0.882. The quantitative estimate of drug-likeness (QED) is 0.901. The van der Waals surface area contributed by atoms with Crippen LogP contribution in [0.2, 0.25) is 0 Å². The highest BCUT2D eigenvalue weighted by Gasteiger charge is 2.22. The summed E-state index contributed by atoms with van der Waals surface area (Å²) in [6.45, 7) is 7.82. The SMILES string of the molecule is Cc1cc(N2CCC(C)CC2)c(CNC2CC2)cn1. The van der Waals surface area contributed by atoms with Gasteiger partial charge in [0.05, 0.1) is 0 Å². The lowest BCUT2D eigenvalue weighted by molar-refractivity contribution is 0.437. The first-order valence-electron chi connectivity index (χ1n) is 7.66. The van der Waals surface area contributed by atoms with Crippen molar-refractivity contribution in [3.63, 3.8) is 0 Å². The Morgan fingerprint density at radius 1 is 1.26 bits per heavy atom. The van der Waals surface area contributed by atoms with E-state index in [2.05, 4.69) is 41.3 Å². The number of piperidine rings is 1. The molecule has 1 saturated carbocycles. The maximum Gasteiger partial charge on any atom is 0.0445 e. The molecule has 0 atom stereocenters. The maximum atomic E-state index is 4.48. The molecule has 0 amide bonds. The lowest BCUT2D eigenvalue weighted by Crippen LogP contribution is -2.34. The highest BCUT2D eigenvalue weighted by molar-refractivity contribution is 5.54. The maximum absolute atomic E-state index is 4.48. The molecule has 2 aliphatic rings. The van der Waals surface area contributed by atoms with Crippen LogP contribution in [0.15, 0.2) is 12.3 Å². The van der Waals surface area contributed by atoms with Gasteiger partial charge in [0.25, 0.3) is 0 Å². The standard InChI is InChI=1S/C16H25N3/c1-12-5-7-19(8-6-12)16-9-13(2)17-10-14(16)11-18-15-3-4-15/h9-10,12,15,18H,3-8,11H2,1-2H3. The molecule has 1 aromatic rings. The number of nitrogens with one attached hydrogen (secondary N) is 1. The number of hydrogen-bond acceptors (Lipinski definition) is 3. The lowest BCUT2D eigenvalue weighted by atomic mass is 9.98. The molecule has 3 heteroatoms. The van der Waals surface area contributed by atoms with Crippen molar-refractivity contribution in [1.29, 1.82) is 0 Å². The molecule has 3 nitrogen and oxygen atoms in total. The third kappa shape index (κ3) is 3.27. The second-order valence-electron chi connectivity index (χ2n) is 6.28. The lowest BCUT2D eigenvalue weighted by Gasteiger charge is -2.33. The highest BCUT2D eigenvalue weighted by Crippen LogP contribution is 2.27. The zero-order valence-electron chi connectivity index (χ0n) is 12.2. The molecular formula is C16H25N3. The van der Waals surface area contributed by atoms with Crippen LogP contribution in [0.5, 0.6) is 0 Å². The van der Waals surface area contributed by atoms with Gasteiger partial charge in [-0.15, -0.1) is 0 Å². The molecule has 0 aromatic carbocycles. The van der Waals surface area contributed by atoms with Gasteiger partial charge in [0, 0.05) is 48.8 Å². The summed E-state index contributed by atoms with van der Waals surface area (Å²) in [7, 11) is 0. The summed E-state index contributed by atoms with van der Waals surface area (Å²) in [5.41, 5.74) is 3.91. The fourth-order valence-electron chi connectivity index (χ4n) is 2.80. The Balaban J connectivity index is 1.74. The third-order valence-electron chi connectivity index (χ3n) is 4.38. The van der Waals surface area contributed by atoms with E-state index in [9.17, 15) is 0 Å². The van der Waals surface area contributed by atoms with Crippen LogP contribution in [0.3, 0.4) is 0 Å². The van der Waals surface area contributed by atoms with Crippen molar-refractivity contribution in [1.82, 2.24) is 10.3 Å². The summed E-state index contributed by atoms with van der Waals surface area (Å²) < 4.78 is 0. The van der Waals surface area contributed by atoms with Gasteiger partial charge in [-0.3, -0.25) is 4.98 Å². The molecule has 1 aliphatic heterocycles. The van der Waals surface area contributed by atoms with E-state index in [1.165, 1.54) is 50.0 Å². The molecular weight excluding hydrogens is 234 g/mol. The van der Waals surface area contributed by atoms with Gasteiger partial charge in [0.1, 0.15) is 0 Å². The first kappa shape index (κ1) is 12.9. The fraction of sp³-hybridized carbons (Fsp3) is 0.688. The van der Waals surface area contributed by atoms with Crippen molar-refractivity contribution in [2.75, 3.05) is 18.0 Å². The molecule has 1 aliphatic carbocycles. The second-order valence-corrected chi connectivity index (χ2v) is 6.28. The Bertz CT molecular complexity index is 432. The Kier molecular flexibility index (Phi) is 3.74. The van der Waals surface area contributed by atoms with E-state index in [-0.39, 0.29) is 0 Å². The summed E-state index contributed by atoms with van der Waals surface area (Å²) in [6, 6.07) is 3.02. The first-order valence-corrected chi connectivity index (χ1v) is 7.66. The molecule has 0 radical (unpaired) electrons. The van der Waals surface area contributed by atoms with Crippen molar-refractivity contribution in [3.05, 3.63) is 23.5 Å². The Hall–Kier alpha value is -1.09. The van der Waals surface area contributed by atoms with Crippen molar-refractivity contribution >= 4 is 5.69 Å². The number of nitrogens with zero attached hydrogens (tertiary/aromatic N) is 2. The zero-order valence-corrected chi connectivity index (χ0v) is 12.2. The van der Waals surface area contributed by atoms with Gasteiger partial charge in [-0.1, -0.05) is 6.92 Å². The molecule has 3 rings (SSSR count). The monoisotopic (exact) mass is 259 g/mol. The van der Waals surface area contributed by atoms with E-state index in [1.807, 2.05) is 0 Å². The van der Waals surface area contributed by atoms with Crippen LogP contribution in [0.1, 0.15) is 43.9 Å². The smallest absolute Gasteiger partial charge is 0.0445 e. The fourth-order valence-corrected chi connectivity index (χ4v) is 2.80. The highest BCUT2D eigenvalue weighted by atomic mass is 15.1. The number of aromatic nitrogens is 1. The zero-order chi connectivity index (χ0) is 13.2. The third-order valence-corrected chi connectivity index (χ3v) is 4.38. The molecule has 2 heterocycles. The predicted octanol–water partition coefficient (Wildman–Crippen LogP) is 2.88. The van der Waals surface area contributed by atoms with Gasteiger partial charge >= 0.3 is 0 Å². The normalized spacial score (nSPS) is 20.8. The summed E-state index contributed by atoms with van der Waals surface area (Å²) in [4.78, 5) is 7.04. The van der Waals surface area contributed by atoms with Crippen LogP contribution in [-0.4, -0.2) is 24.1 Å². The first-order chi connectivity index (χ1) is 9.22. The summed E-state index contributed by atoms with van der Waals surface area (Å²) in [6.07, 6.45) is 7.39. The predicted molar refractivity (Wildman–Crippen MR) is 79.4 cm³/mol. The Labute approximate surface area is 116 Å². The van der Waals surface area contributed by atoms with E-state index >= 15 is 0 Å². The molecule has 0 spiro atoms. The van der Waals surface area contributed by atoms with Crippen molar-refractivity contribution < 1.29 is 0 Å². The number of anilines is 1. The number of pyridine rings is 1. The van der Waals surface area contributed by atoms with Gasteiger partial charge in [-0.2, -0.15) is 0 Å². The minimum atomic E-state index is 0.760. The van der Waals surface area contributed by atoms with Crippen LogP contribution < -0.4 is 10.2 Å². The van der Waals surface area contributed by atoms with Crippen LogP contribution >= 0.6 is 0 Å². The largest absolute Gasteiger partial charge is 0.371 e. The minimum absolute atomic E-state index is 0.760. The number of rotatable bonds is 4. The minimum Gasteiger partial charge on any atom is -0.371 e. The molecule has 19 heavy (non-hydrogen) atoms. The topological polar surface area (TPSA) is 28.2 Å². The van der Waals surface area contributed by atoms with Gasteiger partial charge in [0.15, 0.2) is 0 Å². The van der Waals surface area contributed by atoms with Crippen LogP contribution in [-0.2, 0) is 6.54 Å². The van der Waals surface area contributed by atoms with Gasteiger partial charge < -0.3 is 10.2 Å². The summed E-state index contributed by atoms with van der Waals surface area (Å²) in [5, 5.41) is 3.61. The van der Waals surface area contributed by atoms with E-state index < -0.39 is 0 Å². The molecule has 104 valence electrons. The number of aryl methyl sites for hydroxylation is 1. The average molecular weight is 259 g/mol. The van der Waals surface area contributed by atoms with Gasteiger partial charge in [-0.05, 0) is 44.6 Å². The molecule has 2 fully saturated rings. The Morgan fingerprint density at radius 3 is 2.68 bits per heavy atom. The molecule has 1 aromatic heterocycles. The van der Waals surface area contributed by atoms with Crippen molar-refractivity contribution in [2.45, 2.75) is 52.1 Å². The van der Waals surface area contributed by atoms with Crippen LogP contribution in [0, 0.1) is 12.8 Å². The van der Waals surface area contributed by atoms with E-state index in [0.717, 1.165) is 24.2 Å². The average Bonchev–Trinajstić information content (AvgIpc) is 3.22. The Morgan fingerprint density at radius 2 is 2.00 bits per heavy atom. The van der Waals surface area contributed by atoms with Crippen molar-refractivity contribution in [3.8, 4) is 0 Å². The molecule has 0 bridgehead atoms. The van der Waals surface area contributed by atoms with Gasteiger partial charge in [0.2, 0.25) is 0 Å². The molecule has 1 saturated heterocycles. The van der Waals surface area contributed by atoms with E-state index in [4.69, 9.17) is 0 Å². The second kappa shape index (κ2) is 5.49. The van der Waals surface area contributed by atoms with Crippen LogP contribution in [0.25, 0.3) is 0 Å². The van der Waals surface area contributed by atoms with Gasteiger partial charge in [-0.25, -0.2) is 0 Å².